The Balaban J connectivity index is 1.56. The third-order valence-electron chi connectivity index (χ3n) is 4.11. The molecule has 130 valence electrons. The van der Waals surface area contributed by atoms with Crippen LogP contribution in [0.3, 0.4) is 0 Å². The average molecular weight is 349 g/mol. The second-order valence-electron chi connectivity index (χ2n) is 6.00. The van der Waals surface area contributed by atoms with Crippen LogP contribution in [-0.4, -0.2) is 25.5 Å². The van der Waals surface area contributed by atoms with Crippen molar-refractivity contribution in [2.45, 2.75) is 6.54 Å². The van der Waals surface area contributed by atoms with E-state index in [-0.39, 0.29) is 18.3 Å². The minimum absolute atomic E-state index is 0.166. The summed E-state index contributed by atoms with van der Waals surface area (Å²) in [5, 5.41) is 11.6. The first kappa shape index (κ1) is 16.0. The largest absolute Gasteiger partial charge is 0.338 e. The van der Waals surface area contributed by atoms with Gasteiger partial charge in [0, 0.05) is 24.1 Å². The van der Waals surface area contributed by atoms with Crippen molar-refractivity contribution in [1.29, 1.82) is 0 Å². The van der Waals surface area contributed by atoms with Crippen LogP contribution in [0.1, 0.15) is 0 Å². The number of amides is 1. The molecule has 0 saturated heterocycles. The molecule has 0 aliphatic heterocycles. The number of hydrogen-bond acceptors (Lipinski definition) is 3. The number of rotatable bonds is 4. The summed E-state index contributed by atoms with van der Waals surface area (Å²) in [6.45, 7) is 0.166. The minimum atomic E-state index is -0.263. The molecule has 0 unspecified atom stereocenters. The van der Waals surface area contributed by atoms with E-state index in [0.717, 1.165) is 22.0 Å². The Hall–Kier alpha value is -3.48. The van der Waals surface area contributed by atoms with Gasteiger partial charge in [-0.1, -0.05) is 18.2 Å². The highest BCUT2D eigenvalue weighted by Crippen LogP contribution is 2.25. The molecular weight excluding hydrogens is 333 g/mol. The van der Waals surface area contributed by atoms with Crippen LogP contribution in [0.4, 0.5) is 10.2 Å². The number of hydrogen-bond donors (Lipinski definition) is 1. The number of nitrogens with one attached hydrogen (secondary N) is 1. The van der Waals surface area contributed by atoms with Crippen molar-refractivity contribution in [1.82, 2.24) is 19.6 Å². The molecule has 0 spiro atoms. The third-order valence-corrected chi connectivity index (χ3v) is 4.11. The molecule has 2 aromatic heterocycles. The van der Waals surface area contributed by atoms with E-state index < -0.39 is 0 Å². The Labute approximate surface area is 148 Å². The SMILES string of the molecule is Cn1ncc(NC(=O)Cn2ccc3cc(-c4cccc(F)c4)ccc32)n1. The van der Waals surface area contributed by atoms with Crippen LogP contribution in [-0.2, 0) is 18.4 Å². The highest BCUT2D eigenvalue weighted by Gasteiger charge is 2.09. The molecular formula is C19H16FN5O. The van der Waals surface area contributed by atoms with Crippen molar-refractivity contribution in [2.75, 3.05) is 5.32 Å². The van der Waals surface area contributed by atoms with Gasteiger partial charge in [0.25, 0.3) is 0 Å². The first-order valence-corrected chi connectivity index (χ1v) is 8.09. The Kier molecular flexibility index (Phi) is 3.96. The fraction of sp³-hybridized carbons (Fsp3) is 0.105. The summed E-state index contributed by atoms with van der Waals surface area (Å²) in [4.78, 5) is 13.6. The van der Waals surface area contributed by atoms with Crippen molar-refractivity contribution in [3.8, 4) is 11.1 Å². The van der Waals surface area contributed by atoms with E-state index in [9.17, 15) is 9.18 Å². The Bertz CT molecular complexity index is 1100. The van der Waals surface area contributed by atoms with Gasteiger partial charge in [-0.2, -0.15) is 9.90 Å². The van der Waals surface area contributed by atoms with Crippen LogP contribution in [0.25, 0.3) is 22.0 Å². The number of nitrogens with zero attached hydrogens (tertiary/aromatic N) is 4. The van der Waals surface area contributed by atoms with Gasteiger partial charge in [-0.15, -0.1) is 5.10 Å². The van der Waals surface area contributed by atoms with E-state index in [1.165, 1.54) is 23.1 Å². The van der Waals surface area contributed by atoms with E-state index in [4.69, 9.17) is 0 Å². The molecule has 0 atom stereocenters. The molecule has 0 bridgehead atoms. The zero-order valence-corrected chi connectivity index (χ0v) is 14.1. The van der Waals surface area contributed by atoms with Gasteiger partial charge < -0.3 is 9.88 Å². The average Bonchev–Trinajstić information content (AvgIpc) is 3.21. The summed E-state index contributed by atoms with van der Waals surface area (Å²) in [6, 6.07) is 14.3. The van der Waals surface area contributed by atoms with E-state index in [1.807, 2.05) is 41.1 Å². The standard InChI is InChI=1S/C19H16FN5O/c1-24-21-11-18(23-24)22-19(26)12-25-8-7-15-9-14(5-6-17(15)25)13-3-2-4-16(20)10-13/h2-11H,12H2,1H3,(H,22,23,26). The Morgan fingerprint density at radius 1 is 1.15 bits per heavy atom. The molecule has 6 nitrogen and oxygen atoms in total. The molecule has 0 aliphatic carbocycles. The van der Waals surface area contributed by atoms with E-state index in [0.29, 0.717) is 5.82 Å². The van der Waals surface area contributed by atoms with E-state index >= 15 is 0 Å². The molecule has 1 amide bonds. The lowest BCUT2D eigenvalue weighted by molar-refractivity contribution is -0.116. The second kappa shape index (κ2) is 6.44. The predicted octanol–water partition coefficient (Wildman–Crippen LogP) is 3.21. The Morgan fingerprint density at radius 2 is 2.00 bits per heavy atom. The number of carbonyl (C=O) groups is 1. The van der Waals surface area contributed by atoms with Crippen LogP contribution in [0, 0.1) is 5.82 Å². The predicted molar refractivity (Wildman–Crippen MR) is 97.0 cm³/mol. The first-order valence-electron chi connectivity index (χ1n) is 8.09. The fourth-order valence-corrected chi connectivity index (χ4v) is 2.93. The van der Waals surface area contributed by atoms with E-state index in [1.54, 1.807) is 13.1 Å². The summed E-state index contributed by atoms with van der Waals surface area (Å²) < 4.78 is 15.3. The van der Waals surface area contributed by atoms with Crippen LogP contribution >= 0.6 is 0 Å². The quantitative estimate of drug-likeness (QED) is 0.615. The lowest BCUT2D eigenvalue weighted by Gasteiger charge is -2.07. The van der Waals surface area contributed by atoms with Gasteiger partial charge in [0.2, 0.25) is 5.91 Å². The summed E-state index contributed by atoms with van der Waals surface area (Å²) in [6.07, 6.45) is 3.35. The van der Waals surface area contributed by atoms with Crippen LogP contribution < -0.4 is 5.32 Å². The van der Waals surface area contributed by atoms with E-state index in [2.05, 4.69) is 15.5 Å². The van der Waals surface area contributed by atoms with Gasteiger partial charge in [0.15, 0.2) is 5.82 Å². The number of aryl methyl sites for hydroxylation is 1. The molecule has 0 radical (unpaired) electrons. The molecule has 0 fully saturated rings. The van der Waals surface area contributed by atoms with Crippen molar-refractivity contribution >= 4 is 22.6 Å². The summed E-state index contributed by atoms with van der Waals surface area (Å²) in [5.74, 6) is -0.0274. The first-order chi connectivity index (χ1) is 12.6. The van der Waals surface area contributed by atoms with Crippen LogP contribution in [0.5, 0.6) is 0 Å². The molecule has 4 aromatic rings. The zero-order chi connectivity index (χ0) is 18.1. The van der Waals surface area contributed by atoms with Crippen LogP contribution in [0.2, 0.25) is 0 Å². The maximum absolute atomic E-state index is 13.4. The monoisotopic (exact) mass is 349 g/mol. The topological polar surface area (TPSA) is 64.7 Å². The van der Waals surface area contributed by atoms with Crippen molar-refractivity contribution in [3.63, 3.8) is 0 Å². The molecule has 1 N–H and O–H groups in total. The normalized spacial score (nSPS) is 11.0. The summed E-state index contributed by atoms with van der Waals surface area (Å²) >= 11 is 0. The van der Waals surface area contributed by atoms with Gasteiger partial charge >= 0.3 is 0 Å². The molecule has 7 heteroatoms. The van der Waals surface area contributed by atoms with Gasteiger partial charge in [0.1, 0.15) is 12.4 Å². The maximum atomic E-state index is 13.4. The third kappa shape index (κ3) is 3.19. The number of anilines is 1. The second-order valence-corrected chi connectivity index (χ2v) is 6.00. The van der Waals surface area contributed by atoms with Crippen molar-refractivity contribution in [3.05, 3.63) is 66.7 Å². The zero-order valence-electron chi connectivity index (χ0n) is 14.1. The fourth-order valence-electron chi connectivity index (χ4n) is 2.93. The van der Waals surface area contributed by atoms with Gasteiger partial charge in [0.05, 0.1) is 6.20 Å². The smallest absolute Gasteiger partial charge is 0.245 e. The van der Waals surface area contributed by atoms with Crippen molar-refractivity contribution in [2.24, 2.45) is 7.05 Å². The highest BCUT2D eigenvalue weighted by molar-refractivity contribution is 5.92. The maximum Gasteiger partial charge on any atom is 0.245 e. The number of halogens is 1. The molecule has 4 rings (SSSR count). The number of benzene rings is 2. The summed E-state index contributed by atoms with van der Waals surface area (Å²) in [5.41, 5.74) is 2.68. The molecule has 0 aliphatic rings. The lowest BCUT2D eigenvalue weighted by Crippen LogP contribution is -2.18. The molecule has 26 heavy (non-hydrogen) atoms. The Morgan fingerprint density at radius 3 is 2.77 bits per heavy atom. The van der Waals surface area contributed by atoms with Crippen LogP contribution in [0.15, 0.2) is 60.9 Å². The number of aromatic nitrogens is 4. The van der Waals surface area contributed by atoms with Crippen molar-refractivity contribution < 1.29 is 9.18 Å². The minimum Gasteiger partial charge on any atom is -0.338 e. The highest BCUT2D eigenvalue weighted by atomic mass is 19.1. The lowest BCUT2D eigenvalue weighted by atomic mass is 10.0. The van der Waals surface area contributed by atoms with Gasteiger partial charge in [-0.25, -0.2) is 4.39 Å². The van der Waals surface area contributed by atoms with Gasteiger partial charge in [-0.3, -0.25) is 4.79 Å². The molecule has 0 saturated carbocycles. The molecule has 2 heterocycles. The number of carbonyl (C=O) groups excluding carboxylic acids is 1. The van der Waals surface area contributed by atoms with Gasteiger partial charge in [-0.05, 0) is 41.5 Å². The molecule has 2 aromatic carbocycles. The summed E-state index contributed by atoms with van der Waals surface area (Å²) in [7, 11) is 1.69. The number of fused-ring (bicyclic) bond motifs is 1.